The van der Waals surface area contributed by atoms with Gasteiger partial charge in [0.2, 0.25) is 0 Å². The summed E-state index contributed by atoms with van der Waals surface area (Å²) < 4.78 is 0. The Balaban J connectivity index is 1.92. The lowest BCUT2D eigenvalue weighted by Gasteiger charge is -2.34. The highest BCUT2D eigenvalue weighted by Crippen LogP contribution is 2.33. The molecule has 1 atom stereocenters. The molecule has 1 aliphatic heterocycles. The van der Waals surface area contributed by atoms with Crippen molar-refractivity contribution in [2.24, 2.45) is 0 Å². The zero-order valence-corrected chi connectivity index (χ0v) is 13.3. The van der Waals surface area contributed by atoms with E-state index in [1.807, 2.05) is 17.6 Å². The van der Waals surface area contributed by atoms with Crippen LogP contribution in [0.2, 0.25) is 0 Å². The lowest BCUT2D eigenvalue weighted by Crippen LogP contribution is -2.35. The van der Waals surface area contributed by atoms with Crippen molar-refractivity contribution in [2.45, 2.75) is 25.7 Å². The van der Waals surface area contributed by atoms with E-state index in [0.717, 1.165) is 36.6 Å². The molecule has 1 saturated heterocycles. The van der Waals surface area contributed by atoms with Crippen molar-refractivity contribution in [1.82, 2.24) is 4.98 Å². The van der Waals surface area contributed by atoms with Crippen LogP contribution in [0.1, 0.15) is 46.6 Å². The van der Waals surface area contributed by atoms with Gasteiger partial charge < -0.3 is 4.90 Å². The van der Waals surface area contributed by atoms with E-state index < -0.39 is 0 Å². The van der Waals surface area contributed by atoms with Crippen LogP contribution in [0.15, 0.2) is 29.8 Å². The van der Waals surface area contributed by atoms with E-state index in [2.05, 4.69) is 16.0 Å². The summed E-state index contributed by atoms with van der Waals surface area (Å²) in [5.74, 6) is 0.440. The van der Waals surface area contributed by atoms with Gasteiger partial charge in [-0.05, 0) is 38.0 Å². The Bertz CT molecular complexity index is 718. The molecular weight excluding hydrogens is 294 g/mol. The van der Waals surface area contributed by atoms with Gasteiger partial charge in [-0.1, -0.05) is 0 Å². The van der Waals surface area contributed by atoms with Gasteiger partial charge in [-0.2, -0.15) is 5.26 Å². The number of rotatable bonds is 3. The number of piperidine rings is 1. The van der Waals surface area contributed by atoms with E-state index in [1.54, 1.807) is 30.4 Å². The van der Waals surface area contributed by atoms with Gasteiger partial charge in [0.05, 0.1) is 16.6 Å². The molecule has 2 aromatic rings. The number of benzene rings is 1. The van der Waals surface area contributed by atoms with Crippen LogP contribution in [0.25, 0.3) is 0 Å². The molecule has 112 valence electrons. The van der Waals surface area contributed by atoms with Gasteiger partial charge in [0.15, 0.2) is 5.78 Å². The fourth-order valence-corrected chi connectivity index (χ4v) is 3.76. The van der Waals surface area contributed by atoms with Gasteiger partial charge in [0, 0.05) is 41.8 Å². The monoisotopic (exact) mass is 311 g/mol. The van der Waals surface area contributed by atoms with Crippen LogP contribution in [0, 0.1) is 11.3 Å². The minimum absolute atomic E-state index is 0.0378. The molecule has 0 spiro atoms. The number of carbonyl (C=O) groups excluding carboxylic acids is 1. The molecule has 0 amide bonds. The van der Waals surface area contributed by atoms with Crippen molar-refractivity contribution in [3.05, 3.63) is 45.9 Å². The minimum atomic E-state index is 0.0378. The van der Waals surface area contributed by atoms with Gasteiger partial charge in [-0.15, -0.1) is 11.3 Å². The van der Waals surface area contributed by atoms with Crippen LogP contribution in [-0.2, 0) is 0 Å². The first-order chi connectivity index (χ1) is 10.7. The average Bonchev–Trinajstić information content (AvgIpc) is 3.09. The van der Waals surface area contributed by atoms with Crippen molar-refractivity contribution in [3.63, 3.8) is 0 Å². The van der Waals surface area contributed by atoms with Gasteiger partial charge in [0.1, 0.15) is 0 Å². The summed E-state index contributed by atoms with van der Waals surface area (Å²) in [6, 6.07) is 7.48. The quantitative estimate of drug-likeness (QED) is 0.813. The Hall–Kier alpha value is -2.19. The van der Waals surface area contributed by atoms with Crippen molar-refractivity contribution < 1.29 is 4.79 Å². The summed E-state index contributed by atoms with van der Waals surface area (Å²) in [5, 5.41) is 12.3. The van der Waals surface area contributed by atoms with Crippen molar-refractivity contribution in [2.75, 3.05) is 18.0 Å². The summed E-state index contributed by atoms with van der Waals surface area (Å²) in [6.07, 6.45) is 4.03. The van der Waals surface area contributed by atoms with Crippen LogP contribution in [0.5, 0.6) is 0 Å². The minimum Gasteiger partial charge on any atom is -0.370 e. The standard InChI is InChI=1S/C17H17N3OS/c1-12(21)15-5-4-13(10-18)9-16(15)20-7-2-3-14(11-20)17-19-6-8-22-17/h4-6,8-9,14H,2-3,7,11H2,1H3. The summed E-state index contributed by atoms with van der Waals surface area (Å²) in [4.78, 5) is 18.6. The molecule has 1 aliphatic rings. The van der Waals surface area contributed by atoms with Crippen LogP contribution in [0.4, 0.5) is 5.69 Å². The molecule has 1 aromatic carbocycles. The topological polar surface area (TPSA) is 57.0 Å². The van der Waals surface area contributed by atoms with E-state index in [9.17, 15) is 4.79 Å². The molecule has 2 heterocycles. The highest BCUT2D eigenvalue weighted by molar-refractivity contribution is 7.09. The summed E-state index contributed by atoms with van der Waals surface area (Å²) in [7, 11) is 0. The SMILES string of the molecule is CC(=O)c1ccc(C#N)cc1N1CCCC(c2nccs2)C1. The molecular formula is C17H17N3OS. The number of hydrogen-bond acceptors (Lipinski definition) is 5. The molecule has 1 unspecified atom stereocenters. The molecule has 0 aliphatic carbocycles. The third-order valence-corrected chi connectivity index (χ3v) is 5.01. The third-order valence-electron chi connectivity index (χ3n) is 4.07. The zero-order valence-electron chi connectivity index (χ0n) is 12.5. The van der Waals surface area contributed by atoms with E-state index in [4.69, 9.17) is 5.26 Å². The van der Waals surface area contributed by atoms with Crippen LogP contribution in [-0.4, -0.2) is 23.9 Å². The number of Topliss-reactive ketones (excluding diaryl/α,β-unsaturated/α-hetero) is 1. The number of carbonyl (C=O) groups is 1. The third kappa shape index (κ3) is 2.88. The Kier molecular flexibility index (Phi) is 4.21. The first kappa shape index (κ1) is 14.7. The predicted molar refractivity (Wildman–Crippen MR) is 87.5 cm³/mol. The summed E-state index contributed by atoms with van der Waals surface area (Å²) in [6.45, 7) is 3.34. The zero-order chi connectivity index (χ0) is 15.5. The lowest BCUT2D eigenvalue weighted by atomic mass is 9.96. The number of aromatic nitrogens is 1. The van der Waals surface area contributed by atoms with Gasteiger partial charge in [-0.25, -0.2) is 4.98 Å². The molecule has 4 nitrogen and oxygen atoms in total. The Morgan fingerprint density at radius 2 is 2.36 bits per heavy atom. The molecule has 0 bridgehead atoms. The van der Waals surface area contributed by atoms with Gasteiger partial charge in [0.25, 0.3) is 0 Å². The van der Waals surface area contributed by atoms with Crippen LogP contribution in [0.3, 0.4) is 0 Å². The highest BCUT2D eigenvalue weighted by atomic mass is 32.1. The smallest absolute Gasteiger partial charge is 0.161 e. The number of nitriles is 1. The molecule has 1 fully saturated rings. The van der Waals surface area contributed by atoms with Crippen molar-refractivity contribution >= 4 is 22.8 Å². The first-order valence-electron chi connectivity index (χ1n) is 7.38. The maximum Gasteiger partial charge on any atom is 0.161 e. The predicted octanol–water partition coefficient (Wildman–Crippen LogP) is 3.60. The Morgan fingerprint density at radius 1 is 1.50 bits per heavy atom. The van der Waals surface area contributed by atoms with Gasteiger partial charge >= 0.3 is 0 Å². The average molecular weight is 311 g/mol. The highest BCUT2D eigenvalue weighted by Gasteiger charge is 2.25. The molecule has 0 radical (unpaired) electrons. The molecule has 22 heavy (non-hydrogen) atoms. The largest absolute Gasteiger partial charge is 0.370 e. The number of anilines is 1. The Labute approximate surface area is 134 Å². The molecule has 0 saturated carbocycles. The Morgan fingerprint density at radius 3 is 3.05 bits per heavy atom. The first-order valence-corrected chi connectivity index (χ1v) is 8.26. The van der Waals surface area contributed by atoms with Crippen LogP contribution < -0.4 is 4.90 Å². The molecule has 1 aromatic heterocycles. The lowest BCUT2D eigenvalue weighted by molar-refractivity contribution is 0.101. The fraction of sp³-hybridized carbons (Fsp3) is 0.353. The van der Waals surface area contributed by atoms with Crippen LogP contribution >= 0.6 is 11.3 Å². The summed E-state index contributed by atoms with van der Waals surface area (Å²) in [5.41, 5.74) is 2.17. The number of hydrogen-bond donors (Lipinski definition) is 0. The molecule has 5 heteroatoms. The molecule has 0 N–H and O–H groups in total. The van der Waals surface area contributed by atoms with E-state index >= 15 is 0 Å². The van der Waals surface area contributed by atoms with Crippen molar-refractivity contribution in [3.8, 4) is 6.07 Å². The number of nitrogens with zero attached hydrogens (tertiary/aromatic N) is 3. The number of ketones is 1. The maximum atomic E-state index is 11.9. The normalized spacial score (nSPS) is 18.0. The number of thiazole rings is 1. The second-order valence-electron chi connectivity index (χ2n) is 5.56. The van der Waals surface area contributed by atoms with E-state index in [0.29, 0.717) is 17.0 Å². The van der Waals surface area contributed by atoms with E-state index in [-0.39, 0.29) is 5.78 Å². The fourth-order valence-electron chi connectivity index (χ4n) is 2.99. The maximum absolute atomic E-state index is 11.9. The van der Waals surface area contributed by atoms with Gasteiger partial charge in [-0.3, -0.25) is 4.79 Å². The second kappa shape index (κ2) is 6.29. The summed E-state index contributed by atoms with van der Waals surface area (Å²) >= 11 is 1.69. The van der Waals surface area contributed by atoms with Crippen molar-refractivity contribution in [1.29, 1.82) is 5.26 Å². The second-order valence-corrected chi connectivity index (χ2v) is 6.48. The molecule has 3 rings (SSSR count). The van der Waals surface area contributed by atoms with E-state index in [1.165, 1.54) is 0 Å².